The van der Waals surface area contributed by atoms with Gasteiger partial charge in [-0.1, -0.05) is 12.1 Å². The molecule has 0 aliphatic heterocycles. The molecule has 4 heteroatoms. The van der Waals surface area contributed by atoms with E-state index in [9.17, 15) is 0 Å². The second kappa shape index (κ2) is 6.57. The van der Waals surface area contributed by atoms with Gasteiger partial charge in [-0.05, 0) is 38.5 Å². The van der Waals surface area contributed by atoms with Crippen molar-refractivity contribution < 1.29 is 4.74 Å². The van der Waals surface area contributed by atoms with Crippen molar-refractivity contribution in [2.24, 2.45) is 0 Å². The number of aromatic nitrogens is 2. The van der Waals surface area contributed by atoms with Crippen molar-refractivity contribution in [3.05, 3.63) is 48.5 Å². The number of rotatable bonds is 6. The normalized spacial score (nSPS) is 11.6. The van der Waals surface area contributed by atoms with Crippen LogP contribution in [0.4, 0.5) is 0 Å². The van der Waals surface area contributed by atoms with Crippen molar-refractivity contribution in [1.82, 2.24) is 14.9 Å². The Labute approximate surface area is 120 Å². The van der Waals surface area contributed by atoms with E-state index >= 15 is 0 Å². The van der Waals surface area contributed by atoms with Crippen molar-refractivity contribution in [2.45, 2.75) is 39.4 Å². The summed E-state index contributed by atoms with van der Waals surface area (Å²) in [5.74, 6) is 0.907. The number of nitrogens with zero attached hydrogens (tertiary/aromatic N) is 2. The Morgan fingerprint density at radius 3 is 2.55 bits per heavy atom. The van der Waals surface area contributed by atoms with Gasteiger partial charge in [0, 0.05) is 24.5 Å². The largest absolute Gasteiger partial charge is 0.492 e. The monoisotopic (exact) mass is 273 g/mol. The predicted molar refractivity (Wildman–Crippen MR) is 80.8 cm³/mol. The maximum atomic E-state index is 5.71. The average molecular weight is 273 g/mol. The van der Waals surface area contributed by atoms with Crippen molar-refractivity contribution in [1.29, 1.82) is 0 Å². The third-order valence-corrected chi connectivity index (χ3v) is 2.92. The van der Waals surface area contributed by atoms with Gasteiger partial charge in [0.15, 0.2) is 0 Å². The van der Waals surface area contributed by atoms with E-state index in [4.69, 9.17) is 4.74 Å². The molecule has 0 spiro atoms. The number of nitrogens with one attached hydrogen (secondary N) is 1. The number of imidazole rings is 1. The minimum Gasteiger partial charge on any atom is -0.492 e. The molecule has 0 atom stereocenters. The van der Waals surface area contributed by atoms with Crippen molar-refractivity contribution >= 4 is 0 Å². The lowest BCUT2D eigenvalue weighted by Gasteiger charge is -2.20. The fourth-order valence-electron chi connectivity index (χ4n) is 1.76. The summed E-state index contributed by atoms with van der Waals surface area (Å²) < 4.78 is 7.71. The van der Waals surface area contributed by atoms with Crippen LogP contribution in [0.2, 0.25) is 0 Å². The Bertz CT molecular complexity index is 498. The first-order valence-corrected chi connectivity index (χ1v) is 6.95. The molecular weight excluding hydrogens is 250 g/mol. The first-order valence-electron chi connectivity index (χ1n) is 6.95. The summed E-state index contributed by atoms with van der Waals surface area (Å²) in [6.07, 6.45) is 5.51. The Morgan fingerprint density at radius 1 is 1.20 bits per heavy atom. The predicted octanol–water partition coefficient (Wildman–Crippen LogP) is 2.85. The van der Waals surface area contributed by atoms with Gasteiger partial charge >= 0.3 is 0 Å². The third kappa shape index (κ3) is 5.05. The Hall–Kier alpha value is -1.81. The van der Waals surface area contributed by atoms with Crippen LogP contribution in [0.1, 0.15) is 26.3 Å². The highest BCUT2D eigenvalue weighted by atomic mass is 16.5. The smallest absolute Gasteiger partial charge is 0.119 e. The summed E-state index contributed by atoms with van der Waals surface area (Å²) >= 11 is 0. The van der Waals surface area contributed by atoms with Gasteiger partial charge < -0.3 is 14.6 Å². The molecule has 0 bridgehead atoms. The van der Waals surface area contributed by atoms with Gasteiger partial charge in [-0.25, -0.2) is 4.98 Å². The molecule has 4 nitrogen and oxygen atoms in total. The molecule has 0 aliphatic carbocycles. The van der Waals surface area contributed by atoms with E-state index in [0.29, 0.717) is 6.61 Å². The minimum absolute atomic E-state index is 0.139. The third-order valence-electron chi connectivity index (χ3n) is 2.92. The van der Waals surface area contributed by atoms with E-state index in [2.05, 4.69) is 43.2 Å². The van der Waals surface area contributed by atoms with Crippen LogP contribution in [0.25, 0.3) is 0 Å². The molecule has 1 heterocycles. The summed E-state index contributed by atoms with van der Waals surface area (Å²) in [4.78, 5) is 4.00. The summed E-state index contributed by atoms with van der Waals surface area (Å²) in [6, 6.07) is 8.25. The van der Waals surface area contributed by atoms with E-state index in [0.717, 1.165) is 18.8 Å². The van der Waals surface area contributed by atoms with Gasteiger partial charge in [0.1, 0.15) is 12.4 Å². The van der Waals surface area contributed by atoms with Crippen LogP contribution < -0.4 is 10.1 Å². The van der Waals surface area contributed by atoms with Crippen molar-refractivity contribution in [3.63, 3.8) is 0 Å². The Balaban J connectivity index is 1.76. The Kier molecular flexibility index (Phi) is 4.79. The summed E-state index contributed by atoms with van der Waals surface area (Å²) in [5.41, 5.74) is 1.40. The fraction of sp³-hybridized carbons (Fsp3) is 0.438. The standard InChI is InChI=1S/C16H23N3O/c1-16(2,3)18-12-14-4-6-15(7-5-14)20-11-10-19-9-8-17-13-19/h4-9,13,18H,10-12H2,1-3H3. The molecule has 0 fully saturated rings. The van der Waals surface area contributed by atoms with E-state index in [1.54, 1.807) is 12.5 Å². The molecule has 2 aromatic rings. The van der Waals surface area contributed by atoms with Gasteiger partial charge in [-0.2, -0.15) is 0 Å². The lowest BCUT2D eigenvalue weighted by molar-refractivity contribution is 0.298. The van der Waals surface area contributed by atoms with Gasteiger partial charge in [0.2, 0.25) is 0 Å². The van der Waals surface area contributed by atoms with Crippen LogP contribution in [0.15, 0.2) is 43.0 Å². The zero-order chi connectivity index (χ0) is 14.4. The highest BCUT2D eigenvalue weighted by molar-refractivity contribution is 5.27. The van der Waals surface area contributed by atoms with Crippen LogP contribution >= 0.6 is 0 Å². The SMILES string of the molecule is CC(C)(C)NCc1ccc(OCCn2ccnc2)cc1. The summed E-state index contributed by atoms with van der Waals surface area (Å²) in [7, 11) is 0. The quantitative estimate of drug-likeness (QED) is 0.879. The second-order valence-corrected chi connectivity index (χ2v) is 5.90. The zero-order valence-corrected chi connectivity index (χ0v) is 12.5. The van der Waals surface area contributed by atoms with E-state index in [1.807, 2.05) is 22.9 Å². The van der Waals surface area contributed by atoms with E-state index in [-0.39, 0.29) is 5.54 Å². The molecule has 0 saturated carbocycles. The lowest BCUT2D eigenvalue weighted by atomic mass is 10.1. The first kappa shape index (κ1) is 14.6. The first-order chi connectivity index (χ1) is 9.53. The molecule has 1 aromatic carbocycles. The average Bonchev–Trinajstić information content (AvgIpc) is 2.90. The molecule has 0 saturated heterocycles. The van der Waals surface area contributed by atoms with Crippen LogP contribution in [0.5, 0.6) is 5.75 Å². The molecule has 0 aliphatic rings. The highest BCUT2D eigenvalue weighted by Crippen LogP contribution is 2.13. The maximum Gasteiger partial charge on any atom is 0.119 e. The molecule has 1 aromatic heterocycles. The number of hydrogen-bond donors (Lipinski definition) is 1. The van der Waals surface area contributed by atoms with Gasteiger partial charge in [-0.15, -0.1) is 0 Å². The highest BCUT2D eigenvalue weighted by Gasteiger charge is 2.08. The topological polar surface area (TPSA) is 39.1 Å². The molecule has 108 valence electrons. The molecule has 0 unspecified atom stereocenters. The molecule has 0 radical (unpaired) electrons. The van der Waals surface area contributed by atoms with Crippen LogP contribution in [-0.4, -0.2) is 21.7 Å². The van der Waals surface area contributed by atoms with Crippen LogP contribution in [-0.2, 0) is 13.1 Å². The van der Waals surface area contributed by atoms with Gasteiger partial charge in [0.25, 0.3) is 0 Å². The van der Waals surface area contributed by atoms with Gasteiger partial charge in [0.05, 0.1) is 12.9 Å². The minimum atomic E-state index is 0.139. The number of hydrogen-bond acceptors (Lipinski definition) is 3. The summed E-state index contributed by atoms with van der Waals surface area (Å²) in [6.45, 7) is 8.84. The van der Waals surface area contributed by atoms with Gasteiger partial charge in [-0.3, -0.25) is 0 Å². The van der Waals surface area contributed by atoms with E-state index in [1.165, 1.54) is 5.56 Å². The molecule has 2 rings (SSSR count). The molecule has 1 N–H and O–H groups in total. The van der Waals surface area contributed by atoms with E-state index < -0.39 is 0 Å². The molecular formula is C16H23N3O. The number of ether oxygens (including phenoxy) is 1. The van der Waals surface area contributed by atoms with Crippen LogP contribution in [0, 0.1) is 0 Å². The zero-order valence-electron chi connectivity index (χ0n) is 12.5. The molecule has 20 heavy (non-hydrogen) atoms. The van der Waals surface area contributed by atoms with Crippen molar-refractivity contribution in [3.8, 4) is 5.75 Å². The van der Waals surface area contributed by atoms with Crippen LogP contribution in [0.3, 0.4) is 0 Å². The number of benzene rings is 1. The summed E-state index contributed by atoms with van der Waals surface area (Å²) in [5, 5.41) is 3.47. The molecule has 0 amide bonds. The Morgan fingerprint density at radius 2 is 1.95 bits per heavy atom. The van der Waals surface area contributed by atoms with Crippen molar-refractivity contribution in [2.75, 3.05) is 6.61 Å². The maximum absolute atomic E-state index is 5.71. The fourth-order valence-corrected chi connectivity index (χ4v) is 1.76. The second-order valence-electron chi connectivity index (χ2n) is 5.90. The lowest BCUT2D eigenvalue weighted by Crippen LogP contribution is -2.35.